The second-order valence-electron chi connectivity index (χ2n) is 6.79. The predicted octanol–water partition coefficient (Wildman–Crippen LogP) is 3.30. The van der Waals surface area contributed by atoms with Gasteiger partial charge in [0.15, 0.2) is 12.5 Å². The van der Waals surface area contributed by atoms with Crippen LogP contribution in [0.25, 0.3) is 27.5 Å². The van der Waals surface area contributed by atoms with Crippen molar-refractivity contribution in [3.8, 4) is 11.1 Å². The highest BCUT2D eigenvalue weighted by Crippen LogP contribution is 2.36. The largest absolute Gasteiger partial charge is 0.345 e. The predicted molar refractivity (Wildman–Crippen MR) is 104 cm³/mol. The van der Waals surface area contributed by atoms with Crippen LogP contribution in [0.2, 0.25) is 0 Å². The van der Waals surface area contributed by atoms with Gasteiger partial charge in [0.25, 0.3) is 5.91 Å². The van der Waals surface area contributed by atoms with Crippen LogP contribution in [-0.4, -0.2) is 51.4 Å². The van der Waals surface area contributed by atoms with Crippen molar-refractivity contribution in [3.05, 3.63) is 47.5 Å². The number of nitrogens with zero attached hydrogens (tertiary/aromatic N) is 4. The number of carbonyl (C=O) groups is 1. The summed E-state index contributed by atoms with van der Waals surface area (Å²) in [5.41, 5.74) is 2.74. The van der Waals surface area contributed by atoms with E-state index in [4.69, 9.17) is 0 Å². The van der Waals surface area contributed by atoms with E-state index in [1.165, 1.54) is 4.90 Å². The lowest BCUT2D eigenvalue weighted by molar-refractivity contribution is -0.123. The third-order valence-corrected chi connectivity index (χ3v) is 4.76. The fourth-order valence-electron chi connectivity index (χ4n) is 3.41. The lowest BCUT2D eigenvalue weighted by Crippen LogP contribution is -2.23. The van der Waals surface area contributed by atoms with Gasteiger partial charge in [-0.05, 0) is 40.3 Å². The van der Waals surface area contributed by atoms with E-state index in [-0.39, 0.29) is 12.3 Å². The summed E-state index contributed by atoms with van der Waals surface area (Å²) in [6, 6.07) is 5.33. The topological polar surface area (TPSA) is 87.6 Å². The molecule has 1 aromatic carbocycles. The van der Waals surface area contributed by atoms with Crippen molar-refractivity contribution in [1.29, 1.82) is 0 Å². The lowest BCUT2D eigenvalue weighted by atomic mass is 9.93. The summed E-state index contributed by atoms with van der Waals surface area (Å²) in [5, 5.41) is 14.3. The summed E-state index contributed by atoms with van der Waals surface area (Å²) in [4.78, 5) is 17.4. The Balaban J connectivity index is 1.90. The molecule has 0 bridgehead atoms. The van der Waals surface area contributed by atoms with Crippen molar-refractivity contribution in [2.75, 3.05) is 26.1 Å². The number of hydrogen-bond donors (Lipinski definition) is 2. The first-order chi connectivity index (χ1) is 13.9. The molecule has 29 heavy (non-hydrogen) atoms. The average Bonchev–Trinajstić information content (AvgIpc) is 3.33. The first-order valence-electron chi connectivity index (χ1n) is 8.76. The second kappa shape index (κ2) is 7.13. The molecule has 10 heteroatoms. The molecular formula is C19H18F2N6O2. The molecule has 0 aliphatic heterocycles. The number of nitrogens with one attached hydrogen (secondary N) is 2. The van der Waals surface area contributed by atoms with Crippen LogP contribution in [0.15, 0.2) is 30.6 Å². The normalized spacial score (nSPS) is 11.3. The molecule has 0 spiro atoms. The number of rotatable bonds is 5. The molecule has 0 aliphatic rings. The number of benzene rings is 1. The maximum atomic E-state index is 15.3. The van der Waals surface area contributed by atoms with E-state index in [0.29, 0.717) is 33.4 Å². The number of amides is 1. The van der Waals surface area contributed by atoms with Crippen LogP contribution in [0.5, 0.6) is 0 Å². The fourth-order valence-corrected chi connectivity index (χ4v) is 3.41. The van der Waals surface area contributed by atoms with Crippen LogP contribution in [0, 0.1) is 12.7 Å². The maximum absolute atomic E-state index is 15.3. The minimum absolute atomic E-state index is 0.0353. The number of aromatic nitrogens is 4. The SMILES string of the molecule is Cc1c(F)c(C(=O)N(C)C)c2[nH]ncc2c1-c1ccn2nc(NCOF)cc2c1. The average molecular weight is 400 g/mol. The molecule has 0 atom stereocenters. The Morgan fingerprint density at radius 2 is 2.17 bits per heavy atom. The summed E-state index contributed by atoms with van der Waals surface area (Å²) in [6.45, 7) is 1.31. The van der Waals surface area contributed by atoms with Crippen molar-refractivity contribution in [2.45, 2.75) is 6.92 Å². The van der Waals surface area contributed by atoms with Crippen LogP contribution in [0.4, 0.5) is 14.7 Å². The lowest BCUT2D eigenvalue weighted by Gasteiger charge is -2.16. The molecule has 2 N–H and O–H groups in total. The molecular weight excluding hydrogens is 382 g/mol. The van der Waals surface area contributed by atoms with Gasteiger partial charge in [-0.25, -0.2) is 8.91 Å². The third-order valence-electron chi connectivity index (χ3n) is 4.76. The Hall–Kier alpha value is -3.53. The molecule has 0 unspecified atom stereocenters. The Kier molecular flexibility index (Phi) is 4.63. The molecule has 0 aliphatic carbocycles. The molecule has 4 rings (SSSR count). The van der Waals surface area contributed by atoms with E-state index >= 15 is 4.39 Å². The van der Waals surface area contributed by atoms with E-state index in [1.807, 2.05) is 6.07 Å². The van der Waals surface area contributed by atoms with Gasteiger partial charge in [0.1, 0.15) is 11.4 Å². The number of hydrogen-bond acceptors (Lipinski definition) is 5. The summed E-state index contributed by atoms with van der Waals surface area (Å²) < 4.78 is 28.7. The molecule has 3 aromatic heterocycles. The maximum Gasteiger partial charge on any atom is 0.258 e. The summed E-state index contributed by atoms with van der Waals surface area (Å²) in [7, 11) is 3.14. The zero-order valence-electron chi connectivity index (χ0n) is 16.0. The van der Waals surface area contributed by atoms with Gasteiger partial charge in [-0.2, -0.15) is 15.1 Å². The highest BCUT2D eigenvalue weighted by molar-refractivity contribution is 6.10. The highest BCUT2D eigenvalue weighted by Gasteiger charge is 2.25. The van der Waals surface area contributed by atoms with Gasteiger partial charge in [0.05, 0.1) is 17.2 Å². The number of carbonyl (C=O) groups excluding carboxylic acids is 1. The highest BCUT2D eigenvalue weighted by atomic mass is 19.3. The van der Waals surface area contributed by atoms with Crippen molar-refractivity contribution in [2.24, 2.45) is 0 Å². The zero-order chi connectivity index (χ0) is 20.7. The van der Waals surface area contributed by atoms with E-state index in [2.05, 4.69) is 25.6 Å². The molecule has 1 amide bonds. The van der Waals surface area contributed by atoms with E-state index < -0.39 is 11.7 Å². The molecule has 8 nitrogen and oxygen atoms in total. The first kappa shape index (κ1) is 18.8. The van der Waals surface area contributed by atoms with Crippen LogP contribution in [-0.2, 0) is 4.94 Å². The monoisotopic (exact) mass is 400 g/mol. The van der Waals surface area contributed by atoms with Gasteiger partial charge in [-0.1, -0.05) is 0 Å². The van der Waals surface area contributed by atoms with E-state index in [0.717, 1.165) is 5.56 Å². The molecule has 150 valence electrons. The first-order valence-corrected chi connectivity index (χ1v) is 8.76. The van der Waals surface area contributed by atoms with Crippen molar-refractivity contribution in [1.82, 2.24) is 24.7 Å². The third kappa shape index (κ3) is 3.07. The van der Waals surface area contributed by atoms with Crippen molar-refractivity contribution >= 4 is 28.1 Å². The van der Waals surface area contributed by atoms with Crippen LogP contribution in [0.1, 0.15) is 15.9 Å². The quantitative estimate of drug-likeness (QED) is 0.502. The van der Waals surface area contributed by atoms with Gasteiger partial charge in [0, 0.05) is 31.7 Å². The number of H-pyrrole nitrogens is 1. The van der Waals surface area contributed by atoms with Gasteiger partial charge in [-0.3, -0.25) is 9.89 Å². The Morgan fingerprint density at radius 1 is 1.38 bits per heavy atom. The van der Waals surface area contributed by atoms with Gasteiger partial charge in [0.2, 0.25) is 0 Å². The van der Waals surface area contributed by atoms with Crippen molar-refractivity contribution in [3.63, 3.8) is 0 Å². The molecule has 0 fully saturated rings. The zero-order valence-corrected chi connectivity index (χ0v) is 16.0. The Morgan fingerprint density at radius 3 is 2.90 bits per heavy atom. The number of aromatic amines is 1. The Bertz CT molecular complexity index is 1230. The summed E-state index contributed by atoms with van der Waals surface area (Å²) >= 11 is 0. The number of anilines is 1. The number of pyridine rings is 1. The van der Waals surface area contributed by atoms with Gasteiger partial charge in [-0.15, -0.1) is 0 Å². The van der Waals surface area contributed by atoms with E-state index in [9.17, 15) is 9.32 Å². The standard InChI is InChI=1S/C19H18F2N6O2/c1-10-15(11-4-5-27-12(6-11)7-14(25-27)22-9-29-21)13-8-23-24-18(13)16(17(10)20)19(28)26(2)3/h4-8H,9H2,1-3H3,(H,22,25)(H,23,24). The van der Waals surface area contributed by atoms with E-state index in [1.54, 1.807) is 50.1 Å². The minimum atomic E-state index is -0.591. The fraction of sp³-hybridized carbons (Fsp3) is 0.211. The molecule has 0 saturated carbocycles. The van der Waals surface area contributed by atoms with Gasteiger partial charge >= 0.3 is 0 Å². The Labute approximate surface area is 164 Å². The summed E-state index contributed by atoms with van der Waals surface area (Å²) in [5.74, 6) is -0.599. The molecule has 3 heterocycles. The summed E-state index contributed by atoms with van der Waals surface area (Å²) in [6.07, 6.45) is 3.30. The van der Waals surface area contributed by atoms with Crippen LogP contribution < -0.4 is 5.32 Å². The minimum Gasteiger partial charge on any atom is -0.345 e. The number of halogens is 2. The van der Waals surface area contributed by atoms with Crippen LogP contribution in [0.3, 0.4) is 0 Å². The molecule has 0 radical (unpaired) electrons. The molecule has 0 saturated heterocycles. The smallest absolute Gasteiger partial charge is 0.258 e. The van der Waals surface area contributed by atoms with Crippen molar-refractivity contribution < 1.29 is 18.7 Å². The number of fused-ring (bicyclic) bond motifs is 2. The van der Waals surface area contributed by atoms with Gasteiger partial charge < -0.3 is 10.2 Å². The second-order valence-corrected chi connectivity index (χ2v) is 6.79. The van der Waals surface area contributed by atoms with Crippen LogP contribution >= 0.6 is 0 Å². The molecule has 4 aromatic rings.